The van der Waals surface area contributed by atoms with E-state index in [1.807, 2.05) is 36.2 Å². The molecule has 0 saturated heterocycles. The number of alkyl halides is 3. The highest BCUT2D eigenvalue weighted by molar-refractivity contribution is 9.10. The Morgan fingerprint density at radius 1 is 1.22 bits per heavy atom. The molecule has 0 aliphatic heterocycles. The molecule has 0 unspecified atom stereocenters. The van der Waals surface area contributed by atoms with Crippen LogP contribution < -0.4 is 5.32 Å². The summed E-state index contributed by atoms with van der Waals surface area (Å²) in [4.78, 5) is 1.98. The van der Waals surface area contributed by atoms with E-state index in [2.05, 4.69) is 21.2 Å². The summed E-state index contributed by atoms with van der Waals surface area (Å²) in [6.07, 6.45) is -4.13. The molecule has 0 aliphatic rings. The van der Waals surface area contributed by atoms with Crippen molar-refractivity contribution in [1.29, 1.82) is 0 Å². The van der Waals surface area contributed by atoms with E-state index in [1.54, 1.807) is 0 Å². The van der Waals surface area contributed by atoms with Crippen LogP contribution >= 0.6 is 15.9 Å². The molecule has 0 amide bonds. The molecule has 0 radical (unpaired) electrons. The van der Waals surface area contributed by atoms with Gasteiger partial charge in [0.05, 0.1) is 6.54 Å². The molecule has 0 aliphatic carbocycles. The lowest BCUT2D eigenvalue weighted by molar-refractivity contribution is -0.124. The van der Waals surface area contributed by atoms with Gasteiger partial charge in [-0.1, -0.05) is 28.1 Å². The minimum absolute atomic E-state index is 0.326. The van der Waals surface area contributed by atoms with Gasteiger partial charge in [0, 0.05) is 24.1 Å². The molecule has 0 bridgehead atoms. The number of benzene rings is 1. The van der Waals surface area contributed by atoms with Crippen molar-refractivity contribution in [3.63, 3.8) is 0 Å². The lowest BCUT2D eigenvalue weighted by atomic mass is 10.2. The van der Waals surface area contributed by atoms with Crippen LogP contribution in [-0.4, -0.2) is 37.8 Å². The van der Waals surface area contributed by atoms with Gasteiger partial charge in [0.2, 0.25) is 0 Å². The highest BCUT2D eigenvalue weighted by Gasteiger charge is 2.25. The average molecular weight is 325 g/mol. The molecule has 0 spiro atoms. The first-order valence-corrected chi connectivity index (χ1v) is 6.36. The first kappa shape index (κ1) is 15.5. The molecule has 0 heterocycles. The number of hydrogen-bond acceptors (Lipinski definition) is 2. The zero-order valence-corrected chi connectivity index (χ0v) is 11.7. The Kier molecular flexibility index (Phi) is 6.11. The van der Waals surface area contributed by atoms with Gasteiger partial charge in [0.25, 0.3) is 0 Å². The van der Waals surface area contributed by atoms with Crippen molar-refractivity contribution in [2.75, 3.05) is 26.7 Å². The predicted octanol–water partition coefficient (Wildman–Crippen LogP) is 3.03. The predicted molar refractivity (Wildman–Crippen MR) is 69.4 cm³/mol. The van der Waals surface area contributed by atoms with Gasteiger partial charge in [0.15, 0.2) is 0 Å². The number of likely N-dealkylation sites (N-methyl/N-ethyl adjacent to an activating group) is 1. The van der Waals surface area contributed by atoms with E-state index in [0.717, 1.165) is 16.6 Å². The number of halogens is 4. The summed E-state index contributed by atoms with van der Waals surface area (Å²) in [7, 11) is 1.89. The summed E-state index contributed by atoms with van der Waals surface area (Å²) in [5.74, 6) is 0. The Morgan fingerprint density at radius 3 is 2.39 bits per heavy atom. The lowest BCUT2D eigenvalue weighted by Gasteiger charge is -2.17. The fourth-order valence-electron chi connectivity index (χ4n) is 1.48. The first-order chi connectivity index (χ1) is 8.37. The zero-order chi connectivity index (χ0) is 13.6. The van der Waals surface area contributed by atoms with E-state index >= 15 is 0 Å². The van der Waals surface area contributed by atoms with E-state index in [-0.39, 0.29) is 0 Å². The van der Waals surface area contributed by atoms with Crippen LogP contribution in [0.4, 0.5) is 13.2 Å². The number of hydrogen-bond donors (Lipinski definition) is 1. The van der Waals surface area contributed by atoms with E-state index in [9.17, 15) is 13.2 Å². The molecule has 1 N–H and O–H groups in total. The molecule has 18 heavy (non-hydrogen) atoms. The molecule has 6 heteroatoms. The topological polar surface area (TPSA) is 15.3 Å². The van der Waals surface area contributed by atoms with Crippen molar-refractivity contribution >= 4 is 15.9 Å². The second-order valence-electron chi connectivity index (χ2n) is 4.16. The number of nitrogens with one attached hydrogen (secondary N) is 1. The zero-order valence-electron chi connectivity index (χ0n) is 10.1. The van der Waals surface area contributed by atoms with Crippen LogP contribution in [0.1, 0.15) is 5.56 Å². The summed E-state index contributed by atoms with van der Waals surface area (Å²) >= 11 is 3.35. The molecule has 0 aromatic heterocycles. The van der Waals surface area contributed by atoms with Gasteiger partial charge in [-0.25, -0.2) is 0 Å². The van der Waals surface area contributed by atoms with Crippen LogP contribution in [0.2, 0.25) is 0 Å². The van der Waals surface area contributed by atoms with Crippen LogP contribution in [-0.2, 0) is 6.54 Å². The molecular weight excluding hydrogens is 309 g/mol. The maximum atomic E-state index is 11.9. The Balaban J connectivity index is 2.21. The maximum Gasteiger partial charge on any atom is 0.401 e. The summed E-state index contributed by atoms with van der Waals surface area (Å²) < 4.78 is 36.7. The molecule has 1 rings (SSSR count). The molecule has 0 atom stereocenters. The van der Waals surface area contributed by atoms with Crippen LogP contribution in [0, 0.1) is 0 Å². The summed E-state index contributed by atoms with van der Waals surface area (Å²) in [5, 5.41) is 2.38. The Labute approximate surface area is 113 Å². The molecule has 1 aromatic rings. The van der Waals surface area contributed by atoms with E-state index < -0.39 is 12.7 Å². The molecular formula is C12H16BrF3N2. The second-order valence-corrected chi connectivity index (χ2v) is 5.07. The van der Waals surface area contributed by atoms with Gasteiger partial charge in [-0.05, 0) is 24.7 Å². The number of rotatable bonds is 6. The van der Waals surface area contributed by atoms with Crippen LogP contribution in [0.15, 0.2) is 28.7 Å². The highest BCUT2D eigenvalue weighted by Crippen LogP contribution is 2.12. The van der Waals surface area contributed by atoms with Crippen LogP contribution in [0.25, 0.3) is 0 Å². The number of nitrogens with zero attached hydrogens (tertiary/aromatic N) is 1. The molecule has 102 valence electrons. The quantitative estimate of drug-likeness (QED) is 0.809. The minimum atomic E-state index is -4.13. The first-order valence-electron chi connectivity index (χ1n) is 5.57. The summed E-state index contributed by atoms with van der Waals surface area (Å²) in [5.41, 5.74) is 1.14. The average Bonchev–Trinajstić information content (AvgIpc) is 2.26. The van der Waals surface area contributed by atoms with Gasteiger partial charge < -0.3 is 10.2 Å². The third-order valence-corrected chi connectivity index (χ3v) is 2.89. The Hall–Kier alpha value is -0.590. The summed E-state index contributed by atoms with van der Waals surface area (Å²) in [6.45, 7) is 0.693. The smallest absolute Gasteiger partial charge is 0.307 e. The lowest BCUT2D eigenvalue weighted by Crippen LogP contribution is -2.34. The van der Waals surface area contributed by atoms with Gasteiger partial charge in [-0.3, -0.25) is 0 Å². The highest BCUT2D eigenvalue weighted by atomic mass is 79.9. The van der Waals surface area contributed by atoms with Crippen molar-refractivity contribution in [1.82, 2.24) is 10.2 Å². The Morgan fingerprint density at radius 2 is 1.83 bits per heavy atom. The van der Waals surface area contributed by atoms with Crippen molar-refractivity contribution in [3.8, 4) is 0 Å². The monoisotopic (exact) mass is 324 g/mol. The third kappa shape index (κ3) is 6.98. The van der Waals surface area contributed by atoms with Gasteiger partial charge in [-0.15, -0.1) is 0 Å². The van der Waals surface area contributed by atoms with Crippen LogP contribution in [0.5, 0.6) is 0 Å². The van der Waals surface area contributed by atoms with Crippen LogP contribution in [0.3, 0.4) is 0 Å². The largest absolute Gasteiger partial charge is 0.401 e. The van der Waals surface area contributed by atoms with Crippen molar-refractivity contribution in [2.45, 2.75) is 12.7 Å². The summed E-state index contributed by atoms with van der Waals surface area (Å²) in [6, 6.07) is 7.88. The maximum absolute atomic E-state index is 11.9. The Bertz CT molecular complexity index is 351. The SMILES string of the molecule is CN(CCNCC(F)(F)F)Cc1ccc(Br)cc1. The molecule has 0 saturated carbocycles. The van der Waals surface area contributed by atoms with E-state index in [1.165, 1.54) is 0 Å². The van der Waals surface area contributed by atoms with E-state index in [0.29, 0.717) is 13.1 Å². The van der Waals surface area contributed by atoms with Gasteiger partial charge in [-0.2, -0.15) is 13.2 Å². The normalized spacial score (nSPS) is 12.1. The standard InChI is InChI=1S/C12H16BrF3N2/c1-18(7-6-17-9-12(14,15)16)8-10-2-4-11(13)5-3-10/h2-5,17H,6-9H2,1H3. The van der Waals surface area contributed by atoms with Crippen molar-refractivity contribution in [3.05, 3.63) is 34.3 Å². The van der Waals surface area contributed by atoms with Crippen molar-refractivity contribution < 1.29 is 13.2 Å². The molecule has 2 nitrogen and oxygen atoms in total. The minimum Gasteiger partial charge on any atom is -0.307 e. The molecule has 0 fully saturated rings. The molecule has 1 aromatic carbocycles. The third-order valence-electron chi connectivity index (χ3n) is 2.36. The second kappa shape index (κ2) is 7.11. The van der Waals surface area contributed by atoms with Gasteiger partial charge in [0.1, 0.15) is 0 Å². The van der Waals surface area contributed by atoms with Crippen molar-refractivity contribution in [2.24, 2.45) is 0 Å². The fraction of sp³-hybridized carbons (Fsp3) is 0.500. The van der Waals surface area contributed by atoms with E-state index in [4.69, 9.17) is 0 Å². The van der Waals surface area contributed by atoms with Gasteiger partial charge >= 0.3 is 6.18 Å². The fourth-order valence-corrected chi connectivity index (χ4v) is 1.74.